The number of hydrogen-bond donors (Lipinski definition) is 1. The van der Waals surface area contributed by atoms with Crippen LogP contribution in [0.4, 0.5) is 0 Å². The number of rotatable bonds is 6. The number of ether oxygens (including phenoxy) is 3. The lowest BCUT2D eigenvalue weighted by Crippen LogP contribution is -2.56. The molecule has 1 saturated carbocycles. The molecule has 0 radical (unpaired) electrons. The fraction of sp³-hybridized carbons (Fsp3) is 0.550. The first-order valence-corrected chi connectivity index (χ1v) is 9.12. The lowest BCUT2D eigenvalue weighted by atomic mass is 9.75. The van der Waals surface area contributed by atoms with Gasteiger partial charge in [0.25, 0.3) is 5.91 Å². The van der Waals surface area contributed by atoms with E-state index in [-0.39, 0.29) is 11.3 Å². The number of carbonyl (C=O) groups excluding carboxylic acids is 3. The molecule has 2 rings (SSSR count). The first kappa shape index (κ1) is 20.7. The minimum Gasteiger partial charge on any atom is -0.493 e. The van der Waals surface area contributed by atoms with Crippen LogP contribution >= 0.6 is 0 Å². The normalized spacial score (nSPS) is 21.9. The molecule has 1 aromatic carbocycles. The molecule has 1 aliphatic rings. The first-order chi connectivity index (χ1) is 12.8. The van der Waals surface area contributed by atoms with E-state index in [4.69, 9.17) is 14.2 Å². The van der Waals surface area contributed by atoms with Crippen molar-refractivity contribution in [1.29, 1.82) is 0 Å². The van der Waals surface area contributed by atoms with Gasteiger partial charge in [-0.05, 0) is 49.8 Å². The number of benzene rings is 1. The molecule has 148 valence electrons. The fourth-order valence-electron chi connectivity index (χ4n) is 3.50. The van der Waals surface area contributed by atoms with E-state index < -0.39 is 23.4 Å². The molecule has 7 heteroatoms. The third-order valence-corrected chi connectivity index (χ3v) is 5.14. The van der Waals surface area contributed by atoms with E-state index in [2.05, 4.69) is 12.2 Å². The van der Waals surface area contributed by atoms with Crippen LogP contribution in [-0.4, -0.2) is 37.6 Å². The summed E-state index contributed by atoms with van der Waals surface area (Å²) in [6.45, 7) is 3.40. The van der Waals surface area contributed by atoms with Gasteiger partial charge in [-0.3, -0.25) is 9.59 Å². The van der Waals surface area contributed by atoms with Crippen LogP contribution in [0.25, 0.3) is 0 Å². The van der Waals surface area contributed by atoms with Crippen molar-refractivity contribution in [3.63, 3.8) is 0 Å². The minimum absolute atomic E-state index is 0.152. The molecule has 0 aromatic heterocycles. The van der Waals surface area contributed by atoms with E-state index in [1.54, 1.807) is 12.1 Å². The summed E-state index contributed by atoms with van der Waals surface area (Å²) in [5.41, 5.74) is -0.757. The van der Waals surface area contributed by atoms with Gasteiger partial charge in [0.1, 0.15) is 5.54 Å². The molecule has 1 N–H and O–H groups in total. The Morgan fingerprint density at radius 1 is 1.15 bits per heavy atom. The quantitative estimate of drug-likeness (QED) is 0.605. The standard InChI is InChI=1S/C20H27NO6/c1-5-14-8-10-20(11-9-14,19(24)26-4)21-18(23)15-6-7-16(25-3)17(12-15)27-13(2)22/h6-7,12,14H,5,8-11H2,1-4H3,(H,21,23). The summed E-state index contributed by atoms with van der Waals surface area (Å²) in [5.74, 6) is -0.330. The maximum Gasteiger partial charge on any atom is 0.331 e. The largest absolute Gasteiger partial charge is 0.493 e. The van der Waals surface area contributed by atoms with Crippen LogP contribution in [0.15, 0.2) is 18.2 Å². The molecule has 1 amide bonds. The highest BCUT2D eigenvalue weighted by atomic mass is 16.6. The van der Waals surface area contributed by atoms with E-state index in [0.717, 1.165) is 19.3 Å². The van der Waals surface area contributed by atoms with Gasteiger partial charge in [-0.1, -0.05) is 13.3 Å². The molecule has 1 fully saturated rings. The SMILES string of the molecule is CCC1CCC(NC(=O)c2ccc(OC)c(OC(C)=O)c2)(C(=O)OC)CC1. The molecular formula is C20H27NO6. The number of esters is 2. The second-order valence-corrected chi connectivity index (χ2v) is 6.84. The number of carbonyl (C=O) groups is 3. The summed E-state index contributed by atoms with van der Waals surface area (Å²) < 4.78 is 15.2. The average Bonchev–Trinajstić information content (AvgIpc) is 2.67. The predicted molar refractivity (Wildman–Crippen MR) is 98.8 cm³/mol. The fourth-order valence-corrected chi connectivity index (χ4v) is 3.50. The molecule has 7 nitrogen and oxygen atoms in total. The van der Waals surface area contributed by atoms with Gasteiger partial charge < -0.3 is 19.5 Å². The number of hydrogen-bond acceptors (Lipinski definition) is 6. The van der Waals surface area contributed by atoms with E-state index >= 15 is 0 Å². The van der Waals surface area contributed by atoms with Crippen molar-refractivity contribution in [2.75, 3.05) is 14.2 Å². The van der Waals surface area contributed by atoms with Crippen LogP contribution in [0.2, 0.25) is 0 Å². The van der Waals surface area contributed by atoms with Gasteiger partial charge in [0.2, 0.25) is 0 Å². The number of methoxy groups -OCH3 is 2. The van der Waals surface area contributed by atoms with Crippen molar-refractivity contribution < 1.29 is 28.6 Å². The highest BCUT2D eigenvalue weighted by molar-refractivity contribution is 5.98. The van der Waals surface area contributed by atoms with Crippen LogP contribution in [0.5, 0.6) is 11.5 Å². The molecule has 1 aromatic rings. The molecular weight excluding hydrogens is 350 g/mol. The van der Waals surface area contributed by atoms with Gasteiger partial charge in [0.05, 0.1) is 14.2 Å². The lowest BCUT2D eigenvalue weighted by molar-refractivity contribution is -0.150. The summed E-state index contributed by atoms with van der Waals surface area (Å²) in [5, 5.41) is 2.87. The smallest absolute Gasteiger partial charge is 0.331 e. The number of nitrogens with one attached hydrogen (secondary N) is 1. The summed E-state index contributed by atoms with van der Waals surface area (Å²) in [6.07, 6.45) is 3.84. The van der Waals surface area contributed by atoms with Crippen LogP contribution in [0, 0.1) is 5.92 Å². The van der Waals surface area contributed by atoms with Gasteiger partial charge in [-0.15, -0.1) is 0 Å². The Bertz CT molecular complexity index is 706. The Balaban J connectivity index is 2.25. The summed E-state index contributed by atoms with van der Waals surface area (Å²) >= 11 is 0. The Morgan fingerprint density at radius 2 is 1.81 bits per heavy atom. The van der Waals surface area contributed by atoms with Crippen molar-refractivity contribution in [1.82, 2.24) is 5.32 Å². The van der Waals surface area contributed by atoms with Crippen LogP contribution in [0.1, 0.15) is 56.3 Å². The molecule has 0 unspecified atom stereocenters. The van der Waals surface area contributed by atoms with Gasteiger partial charge in [-0.2, -0.15) is 0 Å². The zero-order chi connectivity index (χ0) is 20.0. The van der Waals surface area contributed by atoms with Crippen molar-refractivity contribution in [3.05, 3.63) is 23.8 Å². The molecule has 0 saturated heterocycles. The molecule has 27 heavy (non-hydrogen) atoms. The van der Waals surface area contributed by atoms with E-state index in [1.165, 1.54) is 27.2 Å². The third-order valence-electron chi connectivity index (χ3n) is 5.14. The van der Waals surface area contributed by atoms with Gasteiger partial charge in [0, 0.05) is 12.5 Å². The van der Waals surface area contributed by atoms with E-state index in [0.29, 0.717) is 24.5 Å². The summed E-state index contributed by atoms with van der Waals surface area (Å²) in [6, 6.07) is 4.54. The minimum atomic E-state index is -1.03. The molecule has 0 atom stereocenters. The van der Waals surface area contributed by atoms with Crippen molar-refractivity contribution in [3.8, 4) is 11.5 Å². The molecule has 0 bridgehead atoms. The maximum absolute atomic E-state index is 12.8. The van der Waals surface area contributed by atoms with Crippen molar-refractivity contribution in [2.45, 2.75) is 51.5 Å². The average molecular weight is 377 g/mol. The Labute approximate surface area is 159 Å². The summed E-state index contributed by atoms with van der Waals surface area (Å²) in [4.78, 5) is 36.5. The Hall–Kier alpha value is -2.57. The van der Waals surface area contributed by atoms with Gasteiger partial charge in [0.15, 0.2) is 11.5 Å². The maximum atomic E-state index is 12.8. The van der Waals surface area contributed by atoms with Crippen LogP contribution < -0.4 is 14.8 Å². The Morgan fingerprint density at radius 3 is 2.33 bits per heavy atom. The van der Waals surface area contributed by atoms with Gasteiger partial charge >= 0.3 is 11.9 Å². The van der Waals surface area contributed by atoms with E-state index in [1.807, 2.05) is 0 Å². The van der Waals surface area contributed by atoms with E-state index in [9.17, 15) is 14.4 Å². The highest BCUT2D eigenvalue weighted by Crippen LogP contribution is 2.35. The van der Waals surface area contributed by atoms with Gasteiger partial charge in [-0.25, -0.2) is 4.79 Å². The molecule has 0 heterocycles. The van der Waals surface area contributed by atoms with Crippen LogP contribution in [0.3, 0.4) is 0 Å². The lowest BCUT2D eigenvalue weighted by Gasteiger charge is -2.38. The predicted octanol–water partition coefficient (Wildman–Crippen LogP) is 2.86. The third kappa shape index (κ3) is 4.78. The monoisotopic (exact) mass is 377 g/mol. The molecule has 1 aliphatic carbocycles. The summed E-state index contributed by atoms with van der Waals surface area (Å²) in [7, 11) is 2.77. The van der Waals surface area contributed by atoms with Crippen LogP contribution in [-0.2, 0) is 14.3 Å². The van der Waals surface area contributed by atoms with Crippen molar-refractivity contribution >= 4 is 17.8 Å². The van der Waals surface area contributed by atoms with Crippen molar-refractivity contribution in [2.24, 2.45) is 5.92 Å². The highest BCUT2D eigenvalue weighted by Gasteiger charge is 2.44. The molecule has 0 spiro atoms. The topological polar surface area (TPSA) is 90.9 Å². The zero-order valence-corrected chi connectivity index (χ0v) is 16.3. The number of amides is 1. The first-order valence-electron chi connectivity index (χ1n) is 9.12. The second-order valence-electron chi connectivity index (χ2n) is 6.84. The Kier molecular flexibility index (Phi) is 6.82. The molecule has 0 aliphatic heterocycles. The second kappa shape index (κ2) is 8.88. The zero-order valence-electron chi connectivity index (χ0n) is 16.3.